The quantitative estimate of drug-likeness (QED) is 0.633. The second kappa shape index (κ2) is 3.67. The van der Waals surface area contributed by atoms with Gasteiger partial charge in [-0.25, -0.2) is 4.98 Å². The molecule has 0 N–H and O–H groups in total. The number of nitrogens with zero attached hydrogens (tertiary/aromatic N) is 3. The molecule has 1 heterocycles. The lowest BCUT2D eigenvalue weighted by atomic mass is 10.2. The smallest absolute Gasteiger partial charge is 0.161 e. The van der Waals surface area contributed by atoms with E-state index >= 15 is 0 Å². The van der Waals surface area contributed by atoms with Gasteiger partial charge in [0.2, 0.25) is 0 Å². The van der Waals surface area contributed by atoms with Gasteiger partial charge in [-0.2, -0.15) is 5.26 Å². The first-order valence-electron chi connectivity index (χ1n) is 3.58. The highest BCUT2D eigenvalue weighted by molar-refractivity contribution is 5.24. The van der Waals surface area contributed by atoms with Crippen molar-refractivity contribution in [1.29, 1.82) is 5.26 Å². The van der Waals surface area contributed by atoms with Crippen molar-refractivity contribution in [1.82, 2.24) is 9.97 Å². The molecule has 0 bridgehead atoms. The Hall–Kier alpha value is -1.43. The molecule has 0 aliphatic carbocycles. The van der Waals surface area contributed by atoms with E-state index in [1.165, 1.54) is 6.20 Å². The molecule has 0 aliphatic rings. The van der Waals surface area contributed by atoms with Crippen LogP contribution in [0.15, 0.2) is 12.4 Å². The summed E-state index contributed by atoms with van der Waals surface area (Å²) in [6.07, 6.45) is 4.98. The molecule has 0 aromatic carbocycles. The van der Waals surface area contributed by atoms with E-state index in [1.54, 1.807) is 6.20 Å². The third-order valence-corrected chi connectivity index (χ3v) is 1.37. The lowest BCUT2D eigenvalue weighted by Crippen LogP contribution is -1.95. The van der Waals surface area contributed by atoms with Crippen molar-refractivity contribution in [3.05, 3.63) is 23.8 Å². The summed E-state index contributed by atoms with van der Waals surface area (Å²) in [4.78, 5) is 7.95. The average molecular weight is 147 g/mol. The fraction of sp³-hybridized carbons (Fsp3) is 0.375. The van der Waals surface area contributed by atoms with E-state index in [9.17, 15) is 0 Å². The number of hydrogen-bond donors (Lipinski definition) is 0. The maximum absolute atomic E-state index is 8.59. The largest absolute Gasteiger partial charge is 0.257 e. The van der Waals surface area contributed by atoms with E-state index in [0.717, 1.165) is 18.5 Å². The summed E-state index contributed by atoms with van der Waals surface area (Å²) in [6, 6.07) is 2.01. The molecule has 0 saturated carbocycles. The summed E-state index contributed by atoms with van der Waals surface area (Å²) in [7, 11) is 0. The zero-order chi connectivity index (χ0) is 8.10. The van der Waals surface area contributed by atoms with Crippen LogP contribution in [0.25, 0.3) is 0 Å². The summed E-state index contributed by atoms with van der Waals surface area (Å²) in [5, 5.41) is 8.59. The van der Waals surface area contributed by atoms with Crippen LogP contribution in [0.4, 0.5) is 0 Å². The molecule has 0 fully saturated rings. The molecule has 3 heteroatoms. The van der Waals surface area contributed by atoms with Crippen LogP contribution in [0.5, 0.6) is 0 Å². The molecule has 3 nitrogen and oxygen atoms in total. The van der Waals surface area contributed by atoms with Gasteiger partial charge in [-0.1, -0.05) is 13.3 Å². The monoisotopic (exact) mass is 147 g/mol. The summed E-state index contributed by atoms with van der Waals surface area (Å²) in [6.45, 7) is 2.05. The van der Waals surface area contributed by atoms with E-state index < -0.39 is 0 Å². The number of aromatic nitrogens is 2. The molecule has 0 aliphatic heterocycles. The molecule has 56 valence electrons. The van der Waals surface area contributed by atoms with Crippen LogP contribution in [0.1, 0.15) is 24.7 Å². The van der Waals surface area contributed by atoms with Gasteiger partial charge < -0.3 is 0 Å². The fourth-order valence-electron chi connectivity index (χ4n) is 0.880. The zero-order valence-corrected chi connectivity index (χ0v) is 6.41. The van der Waals surface area contributed by atoms with Crippen LogP contribution in [0, 0.1) is 11.3 Å². The first-order valence-corrected chi connectivity index (χ1v) is 3.58. The minimum Gasteiger partial charge on any atom is -0.257 e. The molecular weight excluding hydrogens is 138 g/mol. The molecule has 0 atom stereocenters. The van der Waals surface area contributed by atoms with Gasteiger partial charge in [0, 0.05) is 12.4 Å². The first kappa shape index (κ1) is 7.67. The highest BCUT2D eigenvalue weighted by Crippen LogP contribution is 2.01. The van der Waals surface area contributed by atoms with E-state index in [0.29, 0.717) is 5.69 Å². The third kappa shape index (κ3) is 1.74. The molecule has 0 radical (unpaired) electrons. The predicted octanol–water partition coefficient (Wildman–Crippen LogP) is 1.30. The number of nitriles is 1. The Morgan fingerprint density at radius 3 is 2.82 bits per heavy atom. The van der Waals surface area contributed by atoms with Crippen molar-refractivity contribution in [3.63, 3.8) is 0 Å². The van der Waals surface area contributed by atoms with E-state index in [1.807, 2.05) is 6.07 Å². The Kier molecular flexibility index (Phi) is 2.56. The van der Waals surface area contributed by atoms with Crippen LogP contribution in [-0.2, 0) is 6.42 Å². The minimum atomic E-state index is 0.453. The topological polar surface area (TPSA) is 49.6 Å². The summed E-state index contributed by atoms with van der Waals surface area (Å²) in [5.41, 5.74) is 1.26. The minimum absolute atomic E-state index is 0.453. The van der Waals surface area contributed by atoms with E-state index in [2.05, 4.69) is 16.9 Å². The fourth-order valence-corrected chi connectivity index (χ4v) is 0.880. The molecule has 1 rings (SSSR count). The van der Waals surface area contributed by atoms with Crippen LogP contribution in [0.2, 0.25) is 0 Å². The van der Waals surface area contributed by atoms with Gasteiger partial charge in [-0.15, -0.1) is 0 Å². The Labute approximate surface area is 65.7 Å². The van der Waals surface area contributed by atoms with Crippen molar-refractivity contribution in [3.8, 4) is 6.07 Å². The van der Waals surface area contributed by atoms with Gasteiger partial charge in [0.15, 0.2) is 5.69 Å². The molecule has 1 aromatic rings. The molecular formula is C8H9N3. The molecule has 1 aromatic heterocycles. The van der Waals surface area contributed by atoms with Gasteiger partial charge in [0.1, 0.15) is 6.07 Å². The highest BCUT2D eigenvalue weighted by Gasteiger charge is 2.00. The van der Waals surface area contributed by atoms with Gasteiger partial charge in [0.25, 0.3) is 0 Å². The van der Waals surface area contributed by atoms with E-state index in [-0.39, 0.29) is 0 Å². The maximum Gasteiger partial charge on any atom is 0.161 e. The molecule has 0 spiro atoms. The standard InChI is InChI=1S/C8H9N3/c1-2-3-7-8(6-9)11-5-4-10-7/h4-5H,2-3H2,1H3. The normalized spacial score (nSPS) is 9.09. The second-order valence-corrected chi connectivity index (χ2v) is 2.21. The van der Waals surface area contributed by atoms with Crippen LogP contribution in [0.3, 0.4) is 0 Å². The highest BCUT2D eigenvalue weighted by atomic mass is 14.8. The van der Waals surface area contributed by atoms with Gasteiger partial charge in [0.05, 0.1) is 5.69 Å². The summed E-state index contributed by atoms with van der Waals surface area (Å²) in [5.74, 6) is 0. The summed E-state index contributed by atoms with van der Waals surface area (Å²) < 4.78 is 0. The number of aryl methyl sites for hydroxylation is 1. The maximum atomic E-state index is 8.59. The van der Waals surface area contributed by atoms with E-state index in [4.69, 9.17) is 5.26 Å². The van der Waals surface area contributed by atoms with Gasteiger partial charge in [-0.3, -0.25) is 4.98 Å². The second-order valence-electron chi connectivity index (χ2n) is 2.21. The van der Waals surface area contributed by atoms with Gasteiger partial charge in [-0.05, 0) is 6.42 Å². The molecule has 0 saturated heterocycles. The van der Waals surface area contributed by atoms with Gasteiger partial charge >= 0.3 is 0 Å². The number of hydrogen-bond acceptors (Lipinski definition) is 3. The Balaban J connectivity index is 2.95. The Morgan fingerprint density at radius 2 is 2.18 bits per heavy atom. The zero-order valence-electron chi connectivity index (χ0n) is 6.41. The molecule has 11 heavy (non-hydrogen) atoms. The lowest BCUT2D eigenvalue weighted by molar-refractivity contribution is 0.863. The third-order valence-electron chi connectivity index (χ3n) is 1.37. The van der Waals surface area contributed by atoms with Crippen molar-refractivity contribution >= 4 is 0 Å². The van der Waals surface area contributed by atoms with Crippen LogP contribution in [-0.4, -0.2) is 9.97 Å². The van der Waals surface area contributed by atoms with Crippen LogP contribution < -0.4 is 0 Å². The first-order chi connectivity index (χ1) is 5.38. The SMILES string of the molecule is CCCc1nccnc1C#N. The van der Waals surface area contributed by atoms with Crippen molar-refractivity contribution < 1.29 is 0 Å². The van der Waals surface area contributed by atoms with Crippen molar-refractivity contribution in [2.75, 3.05) is 0 Å². The molecule has 0 unspecified atom stereocenters. The van der Waals surface area contributed by atoms with Crippen molar-refractivity contribution in [2.45, 2.75) is 19.8 Å². The number of rotatable bonds is 2. The Morgan fingerprint density at radius 1 is 1.45 bits per heavy atom. The lowest BCUT2D eigenvalue weighted by Gasteiger charge is -1.96. The Bertz CT molecular complexity index is 275. The molecule has 0 amide bonds. The summed E-state index contributed by atoms with van der Waals surface area (Å²) >= 11 is 0. The average Bonchev–Trinajstić information content (AvgIpc) is 2.06. The van der Waals surface area contributed by atoms with Crippen LogP contribution >= 0.6 is 0 Å². The van der Waals surface area contributed by atoms with Crippen molar-refractivity contribution in [2.24, 2.45) is 0 Å². The predicted molar refractivity (Wildman–Crippen MR) is 40.7 cm³/mol.